The van der Waals surface area contributed by atoms with Crippen LogP contribution in [0.4, 0.5) is 0 Å². The molecule has 3 aromatic rings. The molecule has 0 bridgehead atoms. The number of fused-ring (bicyclic) bond motifs is 3. The lowest BCUT2D eigenvalue weighted by molar-refractivity contribution is 0.826. The predicted molar refractivity (Wildman–Crippen MR) is 88.9 cm³/mol. The van der Waals surface area contributed by atoms with Crippen LogP contribution in [0.2, 0.25) is 0 Å². The Kier molecular flexibility index (Phi) is 3.55. The van der Waals surface area contributed by atoms with Crippen LogP contribution in [-0.4, -0.2) is 4.57 Å². The Morgan fingerprint density at radius 1 is 0.913 bits per heavy atom. The van der Waals surface area contributed by atoms with Gasteiger partial charge in [-0.1, -0.05) is 36.4 Å². The minimum absolute atomic E-state index is 0.123. The van der Waals surface area contributed by atoms with E-state index in [2.05, 4.69) is 4.57 Å². The molecule has 2 aromatic carbocycles. The zero-order valence-corrected chi connectivity index (χ0v) is 12.5. The molecule has 0 aliphatic heterocycles. The lowest BCUT2D eigenvalue weighted by Crippen LogP contribution is -1.97. The molecule has 0 aliphatic rings. The Balaban J connectivity index is 2.56. The number of nitriles is 3. The number of aryl methyl sites for hydroxylation is 1. The number of para-hydroxylation sites is 2. The van der Waals surface area contributed by atoms with Crippen LogP contribution in [0.5, 0.6) is 0 Å². The topological polar surface area (TPSA) is 76.3 Å². The Morgan fingerprint density at radius 3 is 2.26 bits per heavy atom. The maximum Gasteiger partial charge on any atom is 0.148 e. The van der Waals surface area contributed by atoms with Crippen molar-refractivity contribution in [2.45, 2.75) is 13.5 Å². The largest absolute Gasteiger partial charge is 0.340 e. The van der Waals surface area contributed by atoms with Crippen LogP contribution in [0, 0.1) is 34.0 Å². The summed E-state index contributed by atoms with van der Waals surface area (Å²) in [5.41, 5.74) is 2.55. The van der Waals surface area contributed by atoms with E-state index in [1.807, 2.05) is 61.5 Å². The average Bonchev–Trinajstić information content (AvgIpc) is 2.93. The molecule has 0 amide bonds. The maximum atomic E-state index is 9.49. The molecule has 4 heteroatoms. The smallest absolute Gasteiger partial charge is 0.148 e. The predicted octanol–water partition coefficient (Wildman–Crippen LogP) is 4.14. The van der Waals surface area contributed by atoms with E-state index >= 15 is 0 Å². The number of allylic oxidation sites excluding steroid dienone is 2. The van der Waals surface area contributed by atoms with Crippen LogP contribution in [0.1, 0.15) is 12.5 Å². The van der Waals surface area contributed by atoms with Gasteiger partial charge in [-0.3, -0.25) is 0 Å². The molecule has 0 spiro atoms. The zero-order chi connectivity index (χ0) is 16.4. The summed E-state index contributed by atoms with van der Waals surface area (Å²) in [5.74, 6) is 0. The molecule has 0 saturated carbocycles. The van der Waals surface area contributed by atoms with E-state index in [9.17, 15) is 5.26 Å². The van der Waals surface area contributed by atoms with Crippen LogP contribution in [-0.2, 0) is 6.54 Å². The summed E-state index contributed by atoms with van der Waals surface area (Å²) in [6.45, 7) is 2.77. The fraction of sp³-hybridized carbons (Fsp3) is 0.105. The number of rotatable bonds is 2. The Bertz CT molecular complexity index is 1060. The first-order chi connectivity index (χ1) is 11.3. The van der Waals surface area contributed by atoms with Crippen molar-refractivity contribution in [3.05, 3.63) is 53.6 Å². The van der Waals surface area contributed by atoms with Crippen LogP contribution >= 0.6 is 0 Å². The number of hydrogen-bond acceptors (Lipinski definition) is 3. The third kappa shape index (κ3) is 2.04. The molecule has 3 rings (SSSR count). The van der Waals surface area contributed by atoms with E-state index < -0.39 is 0 Å². The fourth-order valence-corrected chi connectivity index (χ4v) is 3.03. The molecule has 0 aliphatic carbocycles. The van der Waals surface area contributed by atoms with E-state index in [0.717, 1.165) is 28.4 Å². The van der Waals surface area contributed by atoms with Crippen LogP contribution in [0.15, 0.2) is 48.0 Å². The van der Waals surface area contributed by atoms with Crippen molar-refractivity contribution in [2.75, 3.05) is 0 Å². The normalized spacial score (nSPS) is 10.0. The number of hydrogen-bond donors (Lipinski definition) is 0. The standard InChI is InChI=1S/C19H12N4/c1-2-23-18-9-4-3-6-14(18)15-7-5-8-16(19(15)23)17(12-22)13(10-20)11-21/h3-9H,2H2,1H3. The summed E-state index contributed by atoms with van der Waals surface area (Å²) in [7, 11) is 0. The van der Waals surface area contributed by atoms with Gasteiger partial charge in [0.1, 0.15) is 23.8 Å². The summed E-state index contributed by atoms with van der Waals surface area (Å²) in [4.78, 5) is 0. The summed E-state index contributed by atoms with van der Waals surface area (Å²) < 4.78 is 2.11. The van der Waals surface area contributed by atoms with Crippen molar-refractivity contribution < 1.29 is 0 Å². The van der Waals surface area contributed by atoms with Gasteiger partial charge in [-0.2, -0.15) is 15.8 Å². The molecule has 0 fully saturated rings. The molecular weight excluding hydrogens is 284 g/mol. The second-order valence-electron chi connectivity index (χ2n) is 5.05. The number of aromatic nitrogens is 1. The highest BCUT2D eigenvalue weighted by Gasteiger charge is 2.17. The Labute approximate surface area is 133 Å². The summed E-state index contributed by atoms with van der Waals surface area (Å²) in [6, 6.07) is 19.4. The van der Waals surface area contributed by atoms with Crippen LogP contribution in [0.3, 0.4) is 0 Å². The first kappa shape index (κ1) is 14.4. The molecule has 108 valence electrons. The van der Waals surface area contributed by atoms with E-state index in [0.29, 0.717) is 5.56 Å². The molecule has 0 N–H and O–H groups in total. The van der Waals surface area contributed by atoms with Gasteiger partial charge < -0.3 is 4.57 Å². The first-order valence-electron chi connectivity index (χ1n) is 7.21. The van der Waals surface area contributed by atoms with Gasteiger partial charge in [-0.15, -0.1) is 0 Å². The lowest BCUT2D eigenvalue weighted by atomic mass is 9.99. The Morgan fingerprint density at radius 2 is 1.61 bits per heavy atom. The highest BCUT2D eigenvalue weighted by Crippen LogP contribution is 2.34. The third-order valence-electron chi connectivity index (χ3n) is 3.96. The fourth-order valence-electron chi connectivity index (χ4n) is 3.03. The van der Waals surface area contributed by atoms with Crippen molar-refractivity contribution in [2.24, 2.45) is 0 Å². The van der Waals surface area contributed by atoms with Crippen molar-refractivity contribution in [1.82, 2.24) is 4.57 Å². The average molecular weight is 296 g/mol. The van der Waals surface area contributed by atoms with Crippen LogP contribution < -0.4 is 0 Å². The van der Waals surface area contributed by atoms with Gasteiger partial charge in [0.25, 0.3) is 0 Å². The van der Waals surface area contributed by atoms with Crippen LogP contribution in [0.25, 0.3) is 27.4 Å². The molecule has 4 nitrogen and oxygen atoms in total. The second-order valence-corrected chi connectivity index (χ2v) is 5.05. The SMILES string of the molecule is CCn1c2ccccc2c2cccc(C(C#N)=C(C#N)C#N)c21. The van der Waals surface area contributed by atoms with Gasteiger partial charge in [-0.05, 0) is 13.0 Å². The van der Waals surface area contributed by atoms with Crippen molar-refractivity contribution in [1.29, 1.82) is 15.8 Å². The molecule has 1 heterocycles. The van der Waals surface area contributed by atoms with E-state index in [-0.39, 0.29) is 11.1 Å². The van der Waals surface area contributed by atoms with Crippen molar-refractivity contribution >= 4 is 27.4 Å². The highest BCUT2D eigenvalue weighted by atomic mass is 15.0. The first-order valence-corrected chi connectivity index (χ1v) is 7.21. The quantitative estimate of drug-likeness (QED) is 0.667. The third-order valence-corrected chi connectivity index (χ3v) is 3.96. The molecular formula is C19H12N4. The molecule has 23 heavy (non-hydrogen) atoms. The molecule has 0 radical (unpaired) electrons. The van der Waals surface area contributed by atoms with Crippen molar-refractivity contribution in [3.63, 3.8) is 0 Å². The Hall–Kier alpha value is -3.55. The monoisotopic (exact) mass is 296 g/mol. The molecule has 0 atom stereocenters. The summed E-state index contributed by atoms with van der Waals surface area (Å²) in [5, 5.41) is 29.9. The van der Waals surface area contributed by atoms with Gasteiger partial charge in [0.15, 0.2) is 0 Å². The van der Waals surface area contributed by atoms with Crippen molar-refractivity contribution in [3.8, 4) is 18.2 Å². The van der Waals surface area contributed by atoms with Gasteiger partial charge in [0, 0.05) is 28.4 Å². The highest BCUT2D eigenvalue weighted by molar-refractivity contribution is 6.12. The number of nitrogens with zero attached hydrogens (tertiary/aromatic N) is 4. The van der Waals surface area contributed by atoms with E-state index in [1.54, 1.807) is 6.07 Å². The van der Waals surface area contributed by atoms with E-state index in [1.165, 1.54) is 0 Å². The van der Waals surface area contributed by atoms with Gasteiger partial charge in [-0.25, -0.2) is 0 Å². The molecule has 0 saturated heterocycles. The minimum atomic E-state index is -0.159. The second kappa shape index (κ2) is 5.68. The maximum absolute atomic E-state index is 9.49. The molecule has 0 unspecified atom stereocenters. The van der Waals surface area contributed by atoms with Gasteiger partial charge in [0.2, 0.25) is 0 Å². The zero-order valence-electron chi connectivity index (χ0n) is 12.5. The summed E-state index contributed by atoms with van der Waals surface area (Å²) >= 11 is 0. The number of benzene rings is 2. The molecule has 1 aromatic heterocycles. The minimum Gasteiger partial charge on any atom is -0.340 e. The lowest BCUT2D eigenvalue weighted by Gasteiger charge is -2.08. The van der Waals surface area contributed by atoms with E-state index in [4.69, 9.17) is 10.5 Å². The summed E-state index contributed by atoms with van der Waals surface area (Å²) in [6.07, 6.45) is 0. The van der Waals surface area contributed by atoms with Gasteiger partial charge in [0.05, 0.1) is 11.1 Å². The van der Waals surface area contributed by atoms with Gasteiger partial charge >= 0.3 is 0 Å².